The third kappa shape index (κ3) is 5.36. The van der Waals surface area contributed by atoms with Crippen molar-refractivity contribution in [2.24, 2.45) is 0 Å². The first-order chi connectivity index (χ1) is 11.1. The molecule has 7 heteroatoms. The van der Waals surface area contributed by atoms with Gasteiger partial charge in [0.25, 0.3) is 11.8 Å². The molecule has 0 bridgehead atoms. The minimum Gasteiger partial charge on any atom is -0.466 e. The molecule has 0 aromatic rings. The largest absolute Gasteiger partial charge is 0.466 e. The molecule has 1 saturated heterocycles. The second-order valence-electron chi connectivity index (χ2n) is 5.33. The van der Waals surface area contributed by atoms with Gasteiger partial charge in [-0.3, -0.25) is 14.4 Å². The van der Waals surface area contributed by atoms with Gasteiger partial charge in [0.15, 0.2) is 0 Å². The van der Waals surface area contributed by atoms with Crippen molar-refractivity contribution in [1.29, 1.82) is 0 Å². The van der Waals surface area contributed by atoms with Gasteiger partial charge in [-0.15, -0.1) is 5.06 Å². The second kappa shape index (κ2) is 8.26. The predicted molar refractivity (Wildman–Crippen MR) is 78.4 cm³/mol. The van der Waals surface area contributed by atoms with Gasteiger partial charge in [-0.05, 0) is 19.3 Å². The molecule has 7 nitrogen and oxygen atoms in total. The number of nitrogens with zero attached hydrogens (tertiary/aromatic N) is 1. The Morgan fingerprint density at radius 2 is 1.78 bits per heavy atom. The summed E-state index contributed by atoms with van der Waals surface area (Å²) >= 11 is 0. The van der Waals surface area contributed by atoms with E-state index in [1.807, 2.05) is 6.08 Å². The van der Waals surface area contributed by atoms with Gasteiger partial charge in [0.2, 0.25) is 0 Å². The van der Waals surface area contributed by atoms with Crippen LogP contribution in [0.4, 0.5) is 0 Å². The summed E-state index contributed by atoms with van der Waals surface area (Å²) in [6, 6.07) is 0. The Bertz CT molecular complexity index is 547. The zero-order chi connectivity index (χ0) is 16.7. The van der Waals surface area contributed by atoms with E-state index in [0.717, 1.165) is 19.3 Å². The third-order valence-electron chi connectivity index (χ3n) is 3.49. The molecular formula is C16H19NO6. The van der Waals surface area contributed by atoms with Gasteiger partial charge < -0.3 is 9.57 Å². The predicted octanol–water partition coefficient (Wildman–Crippen LogP) is 1.58. The minimum atomic E-state index is -0.798. The highest BCUT2D eigenvalue weighted by Crippen LogP contribution is 2.16. The smallest absolute Gasteiger partial charge is 0.333 e. The number of ether oxygens (including phenoxy) is 1. The number of hydrogen-bond acceptors (Lipinski definition) is 6. The molecule has 2 amide bonds. The maximum absolute atomic E-state index is 11.5. The molecule has 0 unspecified atom stereocenters. The summed E-state index contributed by atoms with van der Waals surface area (Å²) in [5, 5.41) is 0.469. The van der Waals surface area contributed by atoms with Crippen LogP contribution < -0.4 is 0 Å². The first-order valence-corrected chi connectivity index (χ1v) is 7.63. The summed E-state index contributed by atoms with van der Waals surface area (Å²) in [5.41, 5.74) is 1.31. The topological polar surface area (TPSA) is 90.0 Å². The second-order valence-corrected chi connectivity index (χ2v) is 5.33. The van der Waals surface area contributed by atoms with Crippen LogP contribution in [0.15, 0.2) is 23.8 Å². The highest BCUT2D eigenvalue weighted by molar-refractivity contribution is 6.01. The molecule has 0 atom stereocenters. The number of carbonyl (C=O) groups excluding carboxylic acids is 4. The van der Waals surface area contributed by atoms with E-state index in [1.165, 1.54) is 5.57 Å². The van der Waals surface area contributed by atoms with Crippen LogP contribution in [0.5, 0.6) is 0 Å². The summed E-state index contributed by atoms with van der Waals surface area (Å²) in [5.74, 6) is -2.38. The van der Waals surface area contributed by atoms with Gasteiger partial charge in [-0.2, -0.15) is 0 Å². The maximum Gasteiger partial charge on any atom is 0.333 e. The molecule has 1 aliphatic heterocycles. The van der Waals surface area contributed by atoms with E-state index in [9.17, 15) is 19.2 Å². The molecule has 0 spiro atoms. The van der Waals surface area contributed by atoms with Crippen molar-refractivity contribution in [1.82, 2.24) is 5.06 Å². The molecule has 1 aliphatic carbocycles. The summed E-state index contributed by atoms with van der Waals surface area (Å²) in [4.78, 5) is 50.2. The maximum atomic E-state index is 11.5. The lowest BCUT2D eigenvalue weighted by molar-refractivity contribution is -0.197. The number of amides is 2. The standard InChI is InChI=1S/C16H19NO6/c18-13-7-8-14(19)17(13)23-16(21)10-9-15(20)22-11-3-6-12-4-1-2-5-12/h1-2,4H,3,5-11H2. The molecule has 1 fully saturated rings. The number of hydrogen-bond donors (Lipinski definition) is 0. The Hall–Kier alpha value is -2.44. The molecule has 124 valence electrons. The molecule has 0 N–H and O–H groups in total. The number of esters is 1. The van der Waals surface area contributed by atoms with E-state index < -0.39 is 23.8 Å². The van der Waals surface area contributed by atoms with Crippen LogP contribution in [0.1, 0.15) is 44.9 Å². The van der Waals surface area contributed by atoms with Crippen molar-refractivity contribution in [3.05, 3.63) is 23.8 Å². The third-order valence-corrected chi connectivity index (χ3v) is 3.49. The average Bonchev–Trinajstić information content (AvgIpc) is 3.15. The molecule has 0 aromatic heterocycles. The first kappa shape index (κ1) is 16.9. The van der Waals surface area contributed by atoms with Crippen LogP contribution in [-0.2, 0) is 28.8 Å². The Morgan fingerprint density at radius 1 is 1.09 bits per heavy atom. The Morgan fingerprint density at radius 3 is 2.43 bits per heavy atom. The van der Waals surface area contributed by atoms with E-state index in [-0.39, 0.29) is 25.7 Å². The van der Waals surface area contributed by atoms with Gasteiger partial charge in [-0.1, -0.05) is 23.8 Å². The van der Waals surface area contributed by atoms with E-state index in [0.29, 0.717) is 11.7 Å². The normalized spacial score (nSPS) is 16.7. The summed E-state index contributed by atoms with van der Waals surface area (Å²) in [6.07, 6.45) is 8.41. The van der Waals surface area contributed by atoms with Crippen molar-refractivity contribution in [2.45, 2.75) is 44.9 Å². The van der Waals surface area contributed by atoms with Gasteiger partial charge in [0.05, 0.1) is 19.4 Å². The van der Waals surface area contributed by atoms with Crippen molar-refractivity contribution in [3.8, 4) is 0 Å². The molecule has 0 saturated carbocycles. The van der Waals surface area contributed by atoms with Crippen molar-refractivity contribution < 1.29 is 28.8 Å². The lowest BCUT2D eigenvalue weighted by atomic mass is 10.1. The van der Waals surface area contributed by atoms with E-state index in [4.69, 9.17) is 4.74 Å². The summed E-state index contributed by atoms with van der Waals surface area (Å²) in [7, 11) is 0. The fraction of sp³-hybridized carbons (Fsp3) is 0.500. The van der Waals surface area contributed by atoms with Crippen LogP contribution in [0, 0.1) is 0 Å². The average molecular weight is 321 g/mol. The molecular weight excluding hydrogens is 302 g/mol. The number of allylic oxidation sites excluding steroid dienone is 4. The number of carbonyl (C=O) groups is 4. The molecule has 0 aromatic carbocycles. The van der Waals surface area contributed by atoms with E-state index >= 15 is 0 Å². The van der Waals surface area contributed by atoms with Gasteiger partial charge in [0.1, 0.15) is 0 Å². The monoisotopic (exact) mass is 321 g/mol. The van der Waals surface area contributed by atoms with Crippen molar-refractivity contribution >= 4 is 23.8 Å². The van der Waals surface area contributed by atoms with Gasteiger partial charge >= 0.3 is 11.9 Å². The SMILES string of the molecule is O=C(CCC(=O)ON1C(=O)CCC1=O)OCCCC1=CC=CC1. The number of imide groups is 1. The van der Waals surface area contributed by atoms with Crippen LogP contribution in [-0.4, -0.2) is 35.4 Å². The summed E-state index contributed by atoms with van der Waals surface area (Å²) in [6.45, 7) is 0.300. The lowest BCUT2D eigenvalue weighted by Gasteiger charge is -2.12. The Balaban J connectivity index is 1.55. The highest BCUT2D eigenvalue weighted by Gasteiger charge is 2.32. The van der Waals surface area contributed by atoms with Crippen LogP contribution in [0.25, 0.3) is 0 Å². The molecule has 2 aliphatic rings. The van der Waals surface area contributed by atoms with Crippen LogP contribution in [0.2, 0.25) is 0 Å². The molecule has 0 radical (unpaired) electrons. The number of hydroxylamine groups is 2. The quantitative estimate of drug-likeness (QED) is 0.383. The van der Waals surface area contributed by atoms with Crippen molar-refractivity contribution in [3.63, 3.8) is 0 Å². The van der Waals surface area contributed by atoms with Gasteiger partial charge in [0, 0.05) is 12.8 Å². The van der Waals surface area contributed by atoms with Gasteiger partial charge in [-0.25, -0.2) is 4.79 Å². The van der Waals surface area contributed by atoms with E-state index in [2.05, 4.69) is 17.0 Å². The van der Waals surface area contributed by atoms with Crippen LogP contribution >= 0.6 is 0 Å². The lowest BCUT2D eigenvalue weighted by Crippen LogP contribution is -2.32. The zero-order valence-corrected chi connectivity index (χ0v) is 12.8. The Labute approximate surface area is 133 Å². The fourth-order valence-electron chi connectivity index (χ4n) is 2.24. The molecule has 23 heavy (non-hydrogen) atoms. The summed E-state index contributed by atoms with van der Waals surface area (Å²) < 4.78 is 5.02. The Kier molecular flexibility index (Phi) is 6.08. The van der Waals surface area contributed by atoms with Crippen molar-refractivity contribution in [2.75, 3.05) is 6.61 Å². The fourth-order valence-corrected chi connectivity index (χ4v) is 2.24. The molecule has 2 rings (SSSR count). The highest BCUT2D eigenvalue weighted by atomic mass is 16.7. The number of rotatable bonds is 8. The minimum absolute atomic E-state index is 0.0418. The zero-order valence-electron chi connectivity index (χ0n) is 12.8. The first-order valence-electron chi connectivity index (χ1n) is 7.63. The molecule has 1 heterocycles. The van der Waals surface area contributed by atoms with Crippen LogP contribution in [0.3, 0.4) is 0 Å². The van der Waals surface area contributed by atoms with E-state index in [1.54, 1.807) is 0 Å².